The topological polar surface area (TPSA) is 40.5 Å². The fourth-order valence-electron chi connectivity index (χ4n) is 5.17. The first-order valence-corrected chi connectivity index (χ1v) is 17.5. The van der Waals surface area contributed by atoms with Crippen molar-refractivity contribution < 1.29 is 57.6 Å². The van der Waals surface area contributed by atoms with Crippen LogP contribution in [0, 0.1) is 0 Å². The molecule has 6 rings (SSSR count). The number of allylic oxidation sites excluding steroid dienone is 2. The molecular weight excluding hydrogens is 583 g/mol. The van der Waals surface area contributed by atoms with Crippen LogP contribution in [0.3, 0.4) is 0 Å². The Bertz CT molecular complexity index is 1360. The second-order valence-electron chi connectivity index (χ2n) is 9.88. The molecule has 4 aromatic rings. The SMILES string of the molecule is CC1=Cc2c(ccc3ccccc23)[CH]1[Zr+2][CH]1C(C)=Cc2c1ccc1ccccc21.C[Si](C)(O)O.[Cl-].[Cl-]. The van der Waals surface area contributed by atoms with Crippen molar-refractivity contribution in [2.75, 3.05) is 0 Å². The summed E-state index contributed by atoms with van der Waals surface area (Å²) in [5.74, 6) is 0. The molecule has 36 heavy (non-hydrogen) atoms. The van der Waals surface area contributed by atoms with Gasteiger partial charge in [-0.25, -0.2) is 0 Å². The first-order chi connectivity index (χ1) is 16.2. The molecule has 2 aliphatic carbocycles. The van der Waals surface area contributed by atoms with Crippen molar-refractivity contribution in [3.8, 4) is 0 Å². The summed E-state index contributed by atoms with van der Waals surface area (Å²) in [6.45, 7) is 7.59. The third-order valence-corrected chi connectivity index (χ3v) is 12.0. The first-order valence-electron chi connectivity index (χ1n) is 11.8. The van der Waals surface area contributed by atoms with Gasteiger partial charge >= 0.3 is 193 Å². The summed E-state index contributed by atoms with van der Waals surface area (Å²) >= 11 is -0.769. The summed E-state index contributed by atoms with van der Waals surface area (Å²) in [7, 11) is -2.61. The number of fused-ring (bicyclic) bond motifs is 6. The Hall–Kier alpha value is -1.52. The van der Waals surface area contributed by atoms with E-state index in [1.165, 1.54) is 45.8 Å². The van der Waals surface area contributed by atoms with Gasteiger partial charge in [0, 0.05) is 0 Å². The van der Waals surface area contributed by atoms with Crippen LogP contribution in [0.25, 0.3) is 33.7 Å². The molecule has 2 N–H and O–H groups in total. The molecule has 0 bridgehead atoms. The summed E-state index contributed by atoms with van der Waals surface area (Å²) in [5.41, 5.74) is 9.26. The molecule has 0 saturated carbocycles. The van der Waals surface area contributed by atoms with E-state index in [-0.39, 0.29) is 24.8 Å². The van der Waals surface area contributed by atoms with E-state index in [1.54, 1.807) is 22.3 Å². The largest absolute Gasteiger partial charge is 1.00 e. The molecule has 2 atom stereocenters. The third kappa shape index (κ3) is 5.80. The predicted octanol–water partition coefficient (Wildman–Crippen LogP) is 1.37. The van der Waals surface area contributed by atoms with Gasteiger partial charge in [-0.2, -0.15) is 0 Å². The average molecular weight is 613 g/mol. The summed E-state index contributed by atoms with van der Waals surface area (Å²) in [6, 6.07) is 27.1. The zero-order chi connectivity index (χ0) is 24.0. The van der Waals surface area contributed by atoms with Crippen molar-refractivity contribution in [2.24, 2.45) is 0 Å². The Morgan fingerprint density at radius 1 is 0.611 bits per heavy atom. The number of halogens is 2. The average Bonchev–Trinajstić information content (AvgIpc) is 3.29. The second kappa shape index (κ2) is 11.5. The van der Waals surface area contributed by atoms with Crippen LogP contribution in [-0.2, 0) is 23.2 Å². The molecule has 2 nitrogen and oxygen atoms in total. The van der Waals surface area contributed by atoms with E-state index in [4.69, 9.17) is 9.59 Å². The van der Waals surface area contributed by atoms with E-state index in [0.717, 1.165) is 0 Å². The van der Waals surface area contributed by atoms with E-state index in [0.29, 0.717) is 7.25 Å². The Labute approximate surface area is 238 Å². The smallest absolute Gasteiger partial charge is 0.326 e. The molecule has 0 aliphatic heterocycles. The van der Waals surface area contributed by atoms with Gasteiger partial charge in [0.1, 0.15) is 0 Å². The monoisotopic (exact) mass is 610 g/mol. The quantitative estimate of drug-likeness (QED) is 0.336. The van der Waals surface area contributed by atoms with Gasteiger partial charge in [-0.3, -0.25) is 0 Å². The van der Waals surface area contributed by atoms with Gasteiger partial charge in [0.05, 0.1) is 0 Å². The fourth-order valence-corrected chi connectivity index (χ4v) is 9.81. The molecular formula is C30H30Cl2O2SiZr. The molecule has 6 heteroatoms. The van der Waals surface area contributed by atoms with Crippen LogP contribution in [0.2, 0.25) is 13.1 Å². The normalized spacial score (nSPS) is 17.5. The summed E-state index contributed by atoms with van der Waals surface area (Å²) in [5, 5.41) is 5.54. The predicted molar refractivity (Wildman–Crippen MR) is 143 cm³/mol. The molecule has 0 saturated heterocycles. The Morgan fingerprint density at radius 3 is 1.36 bits per heavy atom. The molecule has 0 amide bonds. The van der Waals surface area contributed by atoms with E-state index >= 15 is 0 Å². The fraction of sp³-hybridized carbons (Fsp3) is 0.200. The van der Waals surface area contributed by atoms with Crippen molar-refractivity contribution in [3.63, 3.8) is 0 Å². The molecule has 0 spiro atoms. The van der Waals surface area contributed by atoms with E-state index in [2.05, 4.69) is 98.8 Å². The molecule has 4 aromatic carbocycles. The number of hydrogen-bond acceptors (Lipinski definition) is 2. The van der Waals surface area contributed by atoms with Gasteiger partial charge < -0.3 is 34.4 Å². The summed E-state index contributed by atoms with van der Waals surface area (Å²) in [6.07, 6.45) is 4.94. The van der Waals surface area contributed by atoms with Gasteiger partial charge in [0.15, 0.2) is 0 Å². The van der Waals surface area contributed by atoms with Crippen LogP contribution >= 0.6 is 0 Å². The van der Waals surface area contributed by atoms with Crippen LogP contribution in [0.1, 0.15) is 43.4 Å². The van der Waals surface area contributed by atoms with Crippen LogP contribution in [-0.4, -0.2) is 18.2 Å². The molecule has 2 unspecified atom stereocenters. The van der Waals surface area contributed by atoms with Crippen molar-refractivity contribution in [3.05, 3.63) is 106 Å². The van der Waals surface area contributed by atoms with Gasteiger partial charge in [0.25, 0.3) is 0 Å². The van der Waals surface area contributed by atoms with Crippen LogP contribution < -0.4 is 24.8 Å². The van der Waals surface area contributed by atoms with Crippen molar-refractivity contribution in [2.45, 2.75) is 34.2 Å². The standard InChI is InChI=1S/2C14H11.C2H8O2Si.2ClH.Zr/c2*1-10-8-12-7-6-11-4-2-3-5-13(11)14(12)9-10;1-5(2,3)4;;;/h2*2-9H,1H3;3-4H,1-2H3;2*1H;/q;;;;;+2/p-2. The van der Waals surface area contributed by atoms with Crippen LogP contribution in [0.4, 0.5) is 0 Å². The summed E-state index contributed by atoms with van der Waals surface area (Å²) < 4.78 is 1.34. The minimum atomic E-state index is -2.61. The maximum absolute atomic E-state index is 8.22. The van der Waals surface area contributed by atoms with Gasteiger partial charge in [0.2, 0.25) is 0 Å². The summed E-state index contributed by atoms with van der Waals surface area (Å²) in [4.78, 5) is 16.4. The molecule has 0 aromatic heterocycles. The number of benzene rings is 4. The van der Waals surface area contributed by atoms with Crippen LogP contribution in [0.5, 0.6) is 0 Å². The maximum atomic E-state index is 8.22. The Morgan fingerprint density at radius 2 is 0.972 bits per heavy atom. The van der Waals surface area contributed by atoms with Crippen molar-refractivity contribution in [1.82, 2.24) is 0 Å². The van der Waals surface area contributed by atoms with E-state index in [1.807, 2.05) is 0 Å². The minimum absolute atomic E-state index is 0. The Kier molecular flexibility index (Phi) is 9.26. The third-order valence-electron chi connectivity index (χ3n) is 6.62. The molecule has 0 fully saturated rings. The molecule has 0 radical (unpaired) electrons. The van der Waals surface area contributed by atoms with Crippen LogP contribution in [0.15, 0.2) is 83.9 Å². The van der Waals surface area contributed by atoms with Crippen molar-refractivity contribution in [1.29, 1.82) is 0 Å². The molecule has 2 aliphatic rings. The van der Waals surface area contributed by atoms with E-state index < -0.39 is 31.8 Å². The second-order valence-corrected chi connectivity index (χ2v) is 16.5. The van der Waals surface area contributed by atoms with Gasteiger partial charge in [-0.15, -0.1) is 0 Å². The first kappa shape index (κ1) is 29.0. The zero-order valence-electron chi connectivity index (χ0n) is 20.9. The van der Waals surface area contributed by atoms with E-state index in [9.17, 15) is 0 Å². The van der Waals surface area contributed by atoms with Gasteiger partial charge in [-0.05, 0) is 13.1 Å². The molecule has 0 heterocycles. The number of hydrogen-bond donors (Lipinski definition) is 2. The maximum Gasteiger partial charge on any atom is 0.326 e. The zero-order valence-corrected chi connectivity index (χ0v) is 25.9. The number of rotatable bonds is 2. The van der Waals surface area contributed by atoms with Gasteiger partial charge in [-0.1, -0.05) is 0 Å². The molecule has 184 valence electrons. The van der Waals surface area contributed by atoms with Crippen molar-refractivity contribution >= 4 is 42.3 Å². The minimum Gasteiger partial charge on any atom is -1.00 e. The Balaban J connectivity index is 0.000000474.